The SMILES string of the molecule is c1cncc(COc2ccc(CNC3CC3)cc2)c1. The molecule has 0 amide bonds. The Bertz CT molecular complexity index is 506. The molecule has 1 fully saturated rings. The third kappa shape index (κ3) is 3.80. The molecule has 2 aromatic rings. The summed E-state index contributed by atoms with van der Waals surface area (Å²) in [6, 6.07) is 13.0. The van der Waals surface area contributed by atoms with Crippen molar-refractivity contribution >= 4 is 0 Å². The van der Waals surface area contributed by atoms with Gasteiger partial charge in [0.1, 0.15) is 12.4 Å². The van der Waals surface area contributed by atoms with Crippen LogP contribution in [-0.2, 0) is 13.2 Å². The maximum atomic E-state index is 5.72. The number of aromatic nitrogens is 1. The Labute approximate surface area is 113 Å². The second-order valence-electron chi connectivity index (χ2n) is 4.95. The monoisotopic (exact) mass is 254 g/mol. The molecular formula is C16H18N2O. The summed E-state index contributed by atoms with van der Waals surface area (Å²) in [4.78, 5) is 4.07. The Morgan fingerprint density at radius 2 is 1.95 bits per heavy atom. The van der Waals surface area contributed by atoms with Crippen molar-refractivity contribution in [1.29, 1.82) is 0 Å². The standard InChI is InChI=1S/C16H18N2O/c1-2-14(10-17-9-1)12-19-16-7-3-13(4-8-16)11-18-15-5-6-15/h1-4,7-10,15,18H,5-6,11-12H2. The summed E-state index contributed by atoms with van der Waals surface area (Å²) in [7, 11) is 0. The van der Waals surface area contributed by atoms with E-state index in [2.05, 4.69) is 22.4 Å². The first-order chi connectivity index (χ1) is 9.40. The van der Waals surface area contributed by atoms with Crippen LogP contribution in [0.3, 0.4) is 0 Å². The molecule has 0 spiro atoms. The van der Waals surface area contributed by atoms with Crippen molar-refractivity contribution < 1.29 is 4.74 Å². The van der Waals surface area contributed by atoms with Gasteiger partial charge in [0.15, 0.2) is 0 Å². The van der Waals surface area contributed by atoms with Gasteiger partial charge in [0, 0.05) is 30.5 Å². The molecule has 0 saturated heterocycles. The minimum absolute atomic E-state index is 0.563. The van der Waals surface area contributed by atoms with E-state index in [0.29, 0.717) is 6.61 Å². The maximum Gasteiger partial charge on any atom is 0.119 e. The van der Waals surface area contributed by atoms with Crippen molar-refractivity contribution in [3.05, 3.63) is 59.9 Å². The molecule has 98 valence electrons. The number of hydrogen-bond donors (Lipinski definition) is 1. The molecule has 3 rings (SSSR count). The molecule has 0 radical (unpaired) electrons. The number of rotatable bonds is 6. The van der Waals surface area contributed by atoms with Crippen LogP contribution in [0.4, 0.5) is 0 Å². The highest BCUT2D eigenvalue weighted by Crippen LogP contribution is 2.20. The van der Waals surface area contributed by atoms with Crippen LogP contribution in [0, 0.1) is 0 Å². The summed E-state index contributed by atoms with van der Waals surface area (Å²) in [6.07, 6.45) is 6.25. The van der Waals surface area contributed by atoms with Crippen molar-refractivity contribution in [3.63, 3.8) is 0 Å². The van der Waals surface area contributed by atoms with Crippen LogP contribution in [0.5, 0.6) is 5.75 Å². The smallest absolute Gasteiger partial charge is 0.119 e. The van der Waals surface area contributed by atoms with Gasteiger partial charge < -0.3 is 10.1 Å². The van der Waals surface area contributed by atoms with E-state index in [1.807, 2.05) is 30.5 Å². The third-order valence-electron chi connectivity index (χ3n) is 3.22. The van der Waals surface area contributed by atoms with E-state index in [-0.39, 0.29) is 0 Å². The fourth-order valence-electron chi connectivity index (χ4n) is 1.90. The highest BCUT2D eigenvalue weighted by Gasteiger charge is 2.19. The van der Waals surface area contributed by atoms with Crippen LogP contribution in [0.2, 0.25) is 0 Å². The Balaban J connectivity index is 1.50. The van der Waals surface area contributed by atoms with Crippen LogP contribution in [-0.4, -0.2) is 11.0 Å². The van der Waals surface area contributed by atoms with E-state index < -0.39 is 0 Å². The van der Waals surface area contributed by atoms with Crippen molar-refractivity contribution in [2.45, 2.75) is 32.0 Å². The summed E-state index contributed by atoms with van der Waals surface area (Å²) in [5.74, 6) is 0.902. The quantitative estimate of drug-likeness (QED) is 0.860. The molecule has 0 atom stereocenters. The normalized spacial score (nSPS) is 14.3. The minimum atomic E-state index is 0.563. The topological polar surface area (TPSA) is 34.1 Å². The zero-order chi connectivity index (χ0) is 12.9. The predicted molar refractivity (Wildman–Crippen MR) is 74.9 cm³/mol. The van der Waals surface area contributed by atoms with Crippen molar-refractivity contribution in [1.82, 2.24) is 10.3 Å². The molecule has 1 aromatic carbocycles. The molecule has 3 nitrogen and oxygen atoms in total. The van der Waals surface area contributed by atoms with Gasteiger partial charge in [-0.25, -0.2) is 0 Å². The lowest BCUT2D eigenvalue weighted by Gasteiger charge is -2.07. The van der Waals surface area contributed by atoms with E-state index in [0.717, 1.165) is 23.9 Å². The van der Waals surface area contributed by atoms with Gasteiger partial charge >= 0.3 is 0 Å². The first-order valence-electron chi connectivity index (χ1n) is 6.74. The van der Waals surface area contributed by atoms with E-state index in [1.54, 1.807) is 6.20 Å². The van der Waals surface area contributed by atoms with Gasteiger partial charge in [-0.1, -0.05) is 18.2 Å². The molecule has 0 bridgehead atoms. The summed E-state index contributed by atoms with van der Waals surface area (Å²) in [5, 5.41) is 3.50. The fourth-order valence-corrected chi connectivity index (χ4v) is 1.90. The van der Waals surface area contributed by atoms with Gasteiger partial charge in [0.2, 0.25) is 0 Å². The number of nitrogens with zero attached hydrogens (tertiary/aromatic N) is 1. The van der Waals surface area contributed by atoms with E-state index in [4.69, 9.17) is 4.74 Å². The predicted octanol–water partition coefficient (Wildman–Crippen LogP) is 2.91. The van der Waals surface area contributed by atoms with Gasteiger partial charge in [-0.15, -0.1) is 0 Å². The Hall–Kier alpha value is -1.87. The van der Waals surface area contributed by atoms with Gasteiger partial charge in [0.05, 0.1) is 0 Å². The molecule has 1 aliphatic carbocycles. The van der Waals surface area contributed by atoms with Crippen LogP contribution in [0.15, 0.2) is 48.8 Å². The lowest BCUT2D eigenvalue weighted by molar-refractivity contribution is 0.305. The first-order valence-corrected chi connectivity index (χ1v) is 6.74. The second-order valence-corrected chi connectivity index (χ2v) is 4.95. The summed E-state index contributed by atoms with van der Waals surface area (Å²) >= 11 is 0. The van der Waals surface area contributed by atoms with E-state index in [9.17, 15) is 0 Å². The Morgan fingerprint density at radius 1 is 1.11 bits per heavy atom. The Morgan fingerprint density at radius 3 is 2.63 bits per heavy atom. The number of pyridine rings is 1. The zero-order valence-electron chi connectivity index (χ0n) is 10.9. The van der Waals surface area contributed by atoms with Gasteiger partial charge in [-0.3, -0.25) is 4.98 Å². The average Bonchev–Trinajstić information content (AvgIpc) is 3.29. The molecule has 0 unspecified atom stereocenters. The molecule has 19 heavy (non-hydrogen) atoms. The van der Waals surface area contributed by atoms with Gasteiger partial charge in [-0.05, 0) is 36.6 Å². The van der Waals surface area contributed by atoms with E-state index >= 15 is 0 Å². The Kier molecular flexibility index (Phi) is 3.75. The van der Waals surface area contributed by atoms with Gasteiger partial charge in [0.25, 0.3) is 0 Å². The zero-order valence-corrected chi connectivity index (χ0v) is 10.9. The number of ether oxygens (including phenoxy) is 1. The molecule has 1 heterocycles. The van der Waals surface area contributed by atoms with E-state index in [1.165, 1.54) is 18.4 Å². The highest BCUT2D eigenvalue weighted by molar-refractivity contribution is 5.27. The molecule has 1 saturated carbocycles. The average molecular weight is 254 g/mol. The lowest BCUT2D eigenvalue weighted by Crippen LogP contribution is -2.15. The summed E-state index contributed by atoms with van der Waals surface area (Å²) in [5.41, 5.74) is 2.39. The maximum absolute atomic E-state index is 5.72. The van der Waals surface area contributed by atoms with Crippen molar-refractivity contribution in [3.8, 4) is 5.75 Å². The van der Waals surface area contributed by atoms with Crippen LogP contribution >= 0.6 is 0 Å². The second kappa shape index (κ2) is 5.85. The first kappa shape index (κ1) is 12.2. The fraction of sp³-hybridized carbons (Fsp3) is 0.312. The lowest BCUT2D eigenvalue weighted by atomic mass is 10.2. The molecule has 1 aromatic heterocycles. The van der Waals surface area contributed by atoms with Crippen molar-refractivity contribution in [2.24, 2.45) is 0 Å². The van der Waals surface area contributed by atoms with Crippen LogP contribution in [0.25, 0.3) is 0 Å². The van der Waals surface area contributed by atoms with Gasteiger partial charge in [-0.2, -0.15) is 0 Å². The molecular weight excluding hydrogens is 236 g/mol. The van der Waals surface area contributed by atoms with Crippen LogP contribution in [0.1, 0.15) is 24.0 Å². The summed E-state index contributed by atoms with van der Waals surface area (Å²) in [6.45, 7) is 1.51. The number of hydrogen-bond acceptors (Lipinski definition) is 3. The molecule has 1 N–H and O–H groups in total. The number of nitrogens with one attached hydrogen (secondary N) is 1. The highest BCUT2D eigenvalue weighted by atomic mass is 16.5. The van der Waals surface area contributed by atoms with Crippen LogP contribution < -0.4 is 10.1 Å². The summed E-state index contributed by atoms with van der Waals surface area (Å²) < 4.78 is 5.72. The largest absolute Gasteiger partial charge is 0.489 e. The number of benzene rings is 1. The molecule has 3 heteroatoms. The third-order valence-corrected chi connectivity index (χ3v) is 3.22. The molecule has 0 aliphatic heterocycles. The molecule has 1 aliphatic rings. The minimum Gasteiger partial charge on any atom is -0.489 e. The van der Waals surface area contributed by atoms with Crippen molar-refractivity contribution in [2.75, 3.05) is 0 Å².